The summed E-state index contributed by atoms with van der Waals surface area (Å²) in [6, 6.07) is 0. The second-order valence-corrected chi connectivity index (χ2v) is 5.93. The van der Waals surface area contributed by atoms with Gasteiger partial charge in [0.05, 0.1) is 12.7 Å². The van der Waals surface area contributed by atoms with E-state index in [1.54, 1.807) is 0 Å². The van der Waals surface area contributed by atoms with Crippen LogP contribution < -0.4 is 17.0 Å². The van der Waals surface area contributed by atoms with Gasteiger partial charge in [-0.25, -0.2) is 13.2 Å². The molecule has 1 aliphatic heterocycles. The number of nitrogens with two attached hydrogens (primary N) is 1. The summed E-state index contributed by atoms with van der Waals surface area (Å²) in [5.41, 5.74) is 3.73. The molecule has 9 nitrogen and oxygen atoms in total. The lowest BCUT2D eigenvalue weighted by molar-refractivity contribution is 0.00447. The molecule has 2 heterocycles. The summed E-state index contributed by atoms with van der Waals surface area (Å²) in [6.07, 6.45) is 0.494. The normalized spacial score (nSPS) is 21.4. The zero-order valence-corrected chi connectivity index (χ0v) is 10.8. The van der Waals surface area contributed by atoms with Crippen molar-refractivity contribution in [3.8, 4) is 0 Å². The molecule has 1 aliphatic rings. The first-order valence-electron chi connectivity index (χ1n) is 5.59. The molecule has 0 bridgehead atoms. The van der Waals surface area contributed by atoms with E-state index in [2.05, 4.69) is 4.98 Å². The smallest absolute Gasteiger partial charge is 0.325 e. The quantitative estimate of drug-likeness (QED) is 0.558. The highest BCUT2D eigenvalue weighted by Crippen LogP contribution is 2.14. The SMILES string of the molecule is NCC1CN(S(=O)(=O)c2c[nH]c(=O)[nH]c2=O)CCO1. The fourth-order valence-corrected chi connectivity index (χ4v) is 3.23. The van der Waals surface area contributed by atoms with Gasteiger partial charge in [0.15, 0.2) is 4.90 Å². The Balaban J connectivity index is 2.37. The Morgan fingerprint density at radius 3 is 2.84 bits per heavy atom. The van der Waals surface area contributed by atoms with Crippen molar-refractivity contribution >= 4 is 10.0 Å². The van der Waals surface area contributed by atoms with Crippen molar-refractivity contribution in [2.24, 2.45) is 5.73 Å². The summed E-state index contributed by atoms with van der Waals surface area (Å²) in [4.78, 5) is 26.0. The number of hydrogen-bond donors (Lipinski definition) is 3. The van der Waals surface area contributed by atoms with Gasteiger partial charge >= 0.3 is 5.69 Å². The number of nitrogens with zero attached hydrogens (tertiary/aromatic N) is 1. The van der Waals surface area contributed by atoms with E-state index in [0.29, 0.717) is 0 Å². The van der Waals surface area contributed by atoms with E-state index in [1.807, 2.05) is 4.98 Å². The number of morpholine rings is 1. The molecule has 106 valence electrons. The topological polar surface area (TPSA) is 138 Å². The fourth-order valence-electron chi connectivity index (χ4n) is 1.78. The molecule has 19 heavy (non-hydrogen) atoms. The molecule has 0 aliphatic carbocycles. The van der Waals surface area contributed by atoms with Crippen molar-refractivity contribution in [3.63, 3.8) is 0 Å². The lowest BCUT2D eigenvalue weighted by Gasteiger charge is -2.31. The number of ether oxygens (including phenoxy) is 1. The molecule has 0 amide bonds. The van der Waals surface area contributed by atoms with E-state index in [-0.39, 0.29) is 26.2 Å². The highest BCUT2D eigenvalue weighted by Gasteiger charge is 2.32. The Morgan fingerprint density at radius 2 is 2.21 bits per heavy atom. The van der Waals surface area contributed by atoms with Crippen LogP contribution in [0.1, 0.15) is 0 Å². The predicted octanol–water partition coefficient (Wildman–Crippen LogP) is -2.59. The zero-order valence-electron chi connectivity index (χ0n) is 9.96. The molecule has 1 atom stereocenters. The molecule has 0 spiro atoms. The van der Waals surface area contributed by atoms with E-state index < -0.39 is 32.3 Å². The van der Waals surface area contributed by atoms with Crippen LogP contribution in [0.4, 0.5) is 0 Å². The molecule has 1 aromatic rings. The van der Waals surface area contributed by atoms with Crippen LogP contribution in [-0.2, 0) is 14.8 Å². The summed E-state index contributed by atoms with van der Waals surface area (Å²) in [5.74, 6) is 0. The molecular weight excluding hydrogens is 276 g/mol. The van der Waals surface area contributed by atoms with Gasteiger partial charge in [-0.15, -0.1) is 0 Å². The molecular formula is C9H14N4O5S. The largest absolute Gasteiger partial charge is 0.374 e. The van der Waals surface area contributed by atoms with Gasteiger partial charge in [0.1, 0.15) is 0 Å². The summed E-state index contributed by atoms with van der Waals surface area (Å²) in [7, 11) is -3.97. The van der Waals surface area contributed by atoms with Gasteiger partial charge in [0, 0.05) is 25.8 Å². The third kappa shape index (κ3) is 2.76. The number of nitrogens with one attached hydrogen (secondary N) is 2. The Hall–Kier alpha value is -1.49. The molecule has 10 heteroatoms. The predicted molar refractivity (Wildman–Crippen MR) is 65.2 cm³/mol. The van der Waals surface area contributed by atoms with Crippen molar-refractivity contribution in [3.05, 3.63) is 27.0 Å². The molecule has 0 aromatic carbocycles. The second-order valence-electron chi connectivity index (χ2n) is 4.03. The molecule has 1 aromatic heterocycles. The number of aromatic nitrogens is 2. The van der Waals surface area contributed by atoms with Crippen LogP contribution in [0.2, 0.25) is 0 Å². The Bertz CT molecular complexity index is 664. The van der Waals surface area contributed by atoms with Crippen LogP contribution >= 0.6 is 0 Å². The van der Waals surface area contributed by atoms with Crippen LogP contribution in [0, 0.1) is 0 Å². The molecule has 0 radical (unpaired) electrons. The zero-order chi connectivity index (χ0) is 14.0. The molecule has 1 unspecified atom stereocenters. The first-order valence-corrected chi connectivity index (χ1v) is 7.03. The Morgan fingerprint density at radius 1 is 1.47 bits per heavy atom. The van der Waals surface area contributed by atoms with Crippen molar-refractivity contribution in [2.75, 3.05) is 26.2 Å². The fraction of sp³-hybridized carbons (Fsp3) is 0.556. The molecule has 4 N–H and O–H groups in total. The average Bonchev–Trinajstić information content (AvgIpc) is 2.38. The number of sulfonamides is 1. The maximum absolute atomic E-state index is 12.3. The average molecular weight is 290 g/mol. The minimum Gasteiger partial charge on any atom is -0.374 e. The first kappa shape index (κ1) is 13.9. The van der Waals surface area contributed by atoms with Gasteiger partial charge in [0.2, 0.25) is 10.0 Å². The standard InChI is InChI=1S/C9H14N4O5S/c10-3-6-5-13(1-2-18-6)19(16,17)7-4-11-9(15)12-8(7)14/h4,6H,1-3,5,10H2,(H2,11,12,14,15). The van der Waals surface area contributed by atoms with Crippen LogP contribution in [0.5, 0.6) is 0 Å². The maximum Gasteiger partial charge on any atom is 0.325 e. The minimum absolute atomic E-state index is 0.0808. The summed E-state index contributed by atoms with van der Waals surface area (Å²) < 4.78 is 30.9. The lowest BCUT2D eigenvalue weighted by Crippen LogP contribution is -2.49. The third-order valence-electron chi connectivity index (χ3n) is 2.77. The highest BCUT2D eigenvalue weighted by molar-refractivity contribution is 7.89. The van der Waals surface area contributed by atoms with Crippen molar-refractivity contribution in [2.45, 2.75) is 11.0 Å². The number of hydrogen-bond acceptors (Lipinski definition) is 6. The van der Waals surface area contributed by atoms with Crippen LogP contribution in [0.15, 0.2) is 20.7 Å². The van der Waals surface area contributed by atoms with Gasteiger partial charge in [-0.1, -0.05) is 0 Å². The molecule has 2 rings (SSSR count). The van der Waals surface area contributed by atoms with E-state index in [1.165, 1.54) is 0 Å². The van der Waals surface area contributed by atoms with Crippen LogP contribution in [0.3, 0.4) is 0 Å². The highest BCUT2D eigenvalue weighted by atomic mass is 32.2. The van der Waals surface area contributed by atoms with Gasteiger partial charge in [-0.2, -0.15) is 4.31 Å². The first-order chi connectivity index (χ1) is 8.95. The van der Waals surface area contributed by atoms with Gasteiger partial charge in [-0.05, 0) is 0 Å². The van der Waals surface area contributed by atoms with E-state index >= 15 is 0 Å². The van der Waals surface area contributed by atoms with Gasteiger partial charge in [-0.3, -0.25) is 9.78 Å². The van der Waals surface area contributed by atoms with E-state index in [0.717, 1.165) is 10.5 Å². The monoisotopic (exact) mass is 290 g/mol. The lowest BCUT2D eigenvalue weighted by atomic mass is 10.3. The van der Waals surface area contributed by atoms with Crippen molar-refractivity contribution in [1.82, 2.24) is 14.3 Å². The number of aromatic amines is 2. The van der Waals surface area contributed by atoms with Crippen LogP contribution in [0.25, 0.3) is 0 Å². The Kier molecular flexibility index (Phi) is 3.85. The number of H-pyrrole nitrogens is 2. The van der Waals surface area contributed by atoms with E-state index in [4.69, 9.17) is 10.5 Å². The summed E-state index contributed by atoms with van der Waals surface area (Å²) in [5, 5.41) is 0. The van der Waals surface area contributed by atoms with Crippen molar-refractivity contribution < 1.29 is 13.2 Å². The summed E-state index contributed by atoms with van der Waals surface area (Å²) in [6.45, 7) is 0.616. The second kappa shape index (κ2) is 5.25. The van der Waals surface area contributed by atoms with E-state index in [9.17, 15) is 18.0 Å². The molecule has 1 saturated heterocycles. The maximum atomic E-state index is 12.3. The molecule has 0 saturated carbocycles. The third-order valence-corrected chi connectivity index (χ3v) is 4.64. The summed E-state index contributed by atoms with van der Waals surface area (Å²) >= 11 is 0. The van der Waals surface area contributed by atoms with Gasteiger partial charge < -0.3 is 15.5 Å². The minimum atomic E-state index is -3.97. The van der Waals surface area contributed by atoms with Crippen molar-refractivity contribution in [1.29, 1.82) is 0 Å². The van der Waals surface area contributed by atoms with Crippen LogP contribution in [-0.4, -0.2) is 55.0 Å². The van der Waals surface area contributed by atoms with Gasteiger partial charge in [0.25, 0.3) is 5.56 Å². The number of rotatable bonds is 3. The molecule has 1 fully saturated rings. The Labute approximate surface area is 108 Å².